The molecule has 0 spiro atoms. The number of carbonyl (C=O) groups excluding carboxylic acids is 2. The van der Waals surface area contributed by atoms with Crippen molar-refractivity contribution in [2.75, 3.05) is 6.61 Å². The number of aliphatic imine (C=N–C) groups is 1. The van der Waals surface area contributed by atoms with E-state index in [2.05, 4.69) is 25.7 Å². The van der Waals surface area contributed by atoms with Crippen molar-refractivity contribution in [3.05, 3.63) is 0 Å². The molecule has 0 bridgehead atoms. The third-order valence-corrected chi connectivity index (χ3v) is 1.40. The van der Waals surface area contributed by atoms with E-state index in [9.17, 15) is 9.59 Å². The van der Waals surface area contributed by atoms with Gasteiger partial charge in [0, 0.05) is 0 Å². The topological polar surface area (TPSA) is 55.7 Å². The first-order valence-electron chi connectivity index (χ1n) is 2.99. The van der Waals surface area contributed by atoms with Crippen LogP contribution < -0.4 is 0 Å². The molecule has 0 rings (SSSR count). The minimum absolute atomic E-state index is 0.258. The molecule has 0 amide bonds. The van der Waals surface area contributed by atoms with E-state index in [0.717, 1.165) is 0 Å². The van der Waals surface area contributed by atoms with Gasteiger partial charge in [0.25, 0.3) is 0 Å². The minimum Gasteiger partial charge on any atom is -0.464 e. The zero-order chi connectivity index (χ0) is 8.91. The van der Waals surface area contributed by atoms with Gasteiger partial charge in [-0.15, -0.1) is 0 Å². The maximum Gasteiger partial charge on any atom is 0.345 e. The molecule has 0 saturated carbocycles. The van der Waals surface area contributed by atoms with Gasteiger partial charge >= 0.3 is 5.97 Å². The average Bonchev–Trinajstić information content (AvgIpc) is 1.88. The van der Waals surface area contributed by atoms with E-state index in [1.54, 1.807) is 6.92 Å². The lowest BCUT2D eigenvalue weighted by Crippen LogP contribution is -2.27. The van der Waals surface area contributed by atoms with E-state index in [0.29, 0.717) is 0 Å². The SMILES string of the molecule is CCOC(=O)C(C)(Br)N=C=O. The quantitative estimate of drug-likeness (QED) is 0.235. The van der Waals surface area contributed by atoms with E-state index >= 15 is 0 Å². The summed E-state index contributed by atoms with van der Waals surface area (Å²) in [6.45, 7) is 3.34. The number of halogens is 1. The summed E-state index contributed by atoms with van der Waals surface area (Å²) in [5, 5.41) is 0. The van der Waals surface area contributed by atoms with Gasteiger partial charge in [0.05, 0.1) is 6.61 Å². The Hall–Kier alpha value is -0.670. The molecule has 0 radical (unpaired) electrons. The maximum atomic E-state index is 10.9. The Bertz CT molecular complexity index is 196. The minimum atomic E-state index is -1.29. The number of esters is 1. The lowest BCUT2D eigenvalue weighted by atomic mass is 10.4. The first kappa shape index (κ1) is 10.3. The van der Waals surface area contributed by atoms with E-state index in [1.807, 2.05) is 0 Å². The number of hydrogen-bond acceptors (Lipinski definition) is 4. The molecule has 0 aliphatic rings. The lowest BCUT2D eigenvalue weighted by molar-refractivity contribution is -0.145. The van der Waals surface area contributed by atoms with Crippen LogP contribution >= 0.6 is 15.9 Å². The van der Waals surface area contributed by atoms with Gasteiger partial charge in [0.15, 0.2) is 0 Å². The van der Waals surface area contributed by atoms with E-state index < -0.39 is 10.4 Å². The Morgan fingerprint density at radius 1 is 1.82 bits per heavy atom. The van der Waals surface area contributed by atoms with Gasteiger partial charge in [-0.05, 0) is 29.8 Å². The fourth-order valence-corrected chi connectivity index (χ4v) is 0.581. The van der Waals surface area contributed by atoms with E-state index in [4.69, 9.17) is 0 Å². The molecule has 5 heteroatoms. The van der Waals surface area contributed by atoms with Gasteiger partial charge in [-0.25, -0.2) is 9.59 Å². The number of alkyl halides is 1. The highest BCUT2D eigenvalue weighted by Crippen LogP contribution is 2.19. The van der Waals surface area contributed by atoms with Gasteiger partial charge in [-0.1, -0.05) is 0 Å². The molecule has 0 aromatic rings. The highest BCUT2D eigenvalue weighted by atomic mass is 79.9. The molecule has 1 atom stereocenters. The summed E-state index contributed by atoms with van der Waals surface area (Å²) in [7, 11) is 0. The number of carbonyl (C=O) groups is 1. The molecule has 0 aromatic heterocycles. The van der Waals surface area contributed by atoms with Crippen molar-refractivity contribution in [3.63, 3.8) is 0 Å². The Labute approximate surface area is 72.8 Å². The van der Waals surface area contributed by atoms with E-state index in [1.165, 1.54) is 13.0 Å². The smallest absolute Gasteiger partial charge is 0.345 e. The fraction of sp³-hybridized carbons (Fsp3) is 0.667. The summed E-state index contributed by atoms with van der Waals surface area (Å²) in [5.41, 5.74) is 0. The number of isocyanates is 1. The normalized spacial score (nSPS) is 14.5. The van der Waals surface area contributed by atoms with Gasteiger partial charge in [0.1, 0.15) is 0 Å². The third kappa shape index (κ3) is 3.30. The van der Waals surface area contributed by atoms with Crippen molar-refractivity contribution in [1.82, 2.24) is 0 Å². The number of rotatable bonds is 3. The largest absolute Gasteiger partial charge is 0.464 e. The Balaban J connectivity index is 4.29. The van der Waals surface area contributed by atoms with Crippen LogP contribution in [0.1, 0.15) is 13.8 Å². The van der Waals surface area contributed by atoms with Crippen molar-refractivity contribution in [2.45, 2.75) is 18.3 Å². The molecule has 0 aliphatic heterocycles. The van der Waals surface area contributed by atoms with Gasteiger partial charge in [-0.2, -0.15) is 4.99 Å². The van der Waals surface area contributed by atoms with Crippen LogP contribution in [-0.4, -0.2) is 23.1 Å². The van der Waals surface area contributed by atoms with Crippen LogP contribution in [0.5, 0.6) is 0 Å². The van der Waals surface area contributed by atoms with Crippen molar-refractivity contribution in [2.24, 2.45) is 4.99 Å². The molecule has 1 unspecified atom stereocenters. The summed E-state index contributed by atoms with van der Waals surface area (Å²) in [6, 6.07) is 0. The third-order valence-electron chi connectivity index (χ3n) is 0.904. The molecular weight excluding hydrogens is 214 g/mol. The molecule has 0 aromatic carbocycles. The average molecular weight is 222 g/mol. The summed E-state index contributed by atoms with van der Waals surface area (Å²) < 4.78 is 3.31. The van der Waals surface area contributed by atoms with Crippen LogP contribution in [-0.2, 0) is 14.3 Å². The van der Waals surface area contributed by atoms with Crippen molar-refractivity contribution < 1.29 is 14.3 Å². The monoisotopic (exact) mass is 221 g/mol. The summed E-state index contributed by atoms with van der Waals surface area (Å²) in [6.07, 6.45) is 1.27. The maximum absolute atomic E-state index is 10.9. The number of nitrogens with zero attached hydrogens (tertiary/aromatic N) is 1. The van der Waals surface area contributed by atoms with Gasteiger partial charge < -0.3 is 4.74 Å². The van der Waals surface area contributed by atoms with Crippen molar-refractivity contribution in [1.29, 1.82) is 0 Å². The number of hydrogen-bond donors (Lipinski definition) is 0. The summed E-state index contributed by atoms with van der Waals surface area (Å²) in [5.74, 6) is -0.594. The lowest BCUT2D eigenvalue weighted by Gasteiger charge is -2.12. The molecule has 0 N–H and O–H groups in total. The molecule has 0 fully saturated rings. The molecule has 0 aliphatic carbocycles. The zero-order valence-electron chi connectivity index (χ0n) is 6.26. The second-order valence-electron chi connectivity index (χ2n) is 1.88. The highest BCUT2D eigenvalue weighted by Gasteiger charge is 2.30. The molecule has 0 heterocycles. The first-order chi connectivity index (χ1) is 5.04. The molecule has 62 valence electrons. The summed E-state index contributed by atoms with van der Waals surface area (Å²) >= 11 is 2.90. The zero-order valence-corrected chi connectivity index (χ0v) is 7.84. The van der Waals surface area contributed by atoms with Crippen LogP contribution in [0.2, 0.25) is 0 Å². The predicted molar refractivity (Wildman–Crippen MR) is 42.1 cm³/mol. The first-order valence-corrected chi connectivity index (χ1v) is 3.79. The van der Waals surface area contributed by atoms with Crippen molar-refractivity contribution >= 4 is 28.0 Å². The van der Waals surface area contributed by atoms with Crippen LogP contribution in [0.4, 0.5) is 0 Å². The standard InChI is InChI=1S/C6H8BrNO3/c1-3-11-5(10)6(2,7)8-4-9/h3H2,1-2H3. The highest BCUT2D eigenvalue weighted by molar-refractivity contribution is 9.10. The predicted octanol–water partition coefficient (Wildman–Crippen LogP) is 0.996. The van der Waals surface area contributed by atoms with Crippen molar-refractivity contribution in [3.8, 4) is 0 Å². The molecule has 4 nitrogen and oxygen atoms in total. The Morgan fingerprint density at radius 2 is 2.36 bits per heavy atom. The fourth-order valence-electron chi connectivity index (χ4n) is 0.394. The van der Waals surface area contributed by atoms with Gasteiger partial charge in [-0.3, -0.25) is 0 Å². The van der Waals surface area contributed by atoms with Crippen LogP contribution in [0, 0.1) is 0 Å². The Morgan fingerprint density at radius 3 is 2.73 bits per heavy atom. The van der Waals surface area contributed by atoms with Gasteiger partial charge in [0.2, 0.25) is 10.5 Å². The molecule has 0 saturated heterocycles. The second-order valence-corrected chi connectivity index (χ2v) is 3.42. The van der Waals surface area contributed by atoms with Crippen LogP contribution in [0.15, 0.2) is 4.99 Å². The number of ether oxygens (including phenoxy) is 1. The summed E-state index contributed by atoms with van der Waals surface area (Å²) in [4.78, 5) is 23.9. The molecule has 11 heavy (non-hydrogen) atoms. The second kappa shape index (κ2) is 4.26. The molecular formula is C6H8BrNO3. The Kier molecular flexibility index (Phi) is 4.00. The van der Waals surface area contributed by atoms with Crippen LogP contribution in [0.25, 0.3) is 0 Å². The van der Waals surface area contributed by atoms with Crippen LogP contribution in [0.3, 0.4) is 0 Å². The van der Waals surface area contributed by atoms with E-state index in [-0.39, 0.29) is 6.61 Å².